The van der Waals surface area contributed by atoms with Crippen molar-refractivity contribution < 1.29 is 19.7 Å². The standard InChI is InChI=1S/C9H18O4/c1-5-6(2)13-7(4-10)9(12-3)8(5)11/h5-11H,4H2,1-3H3. The largest absolute Gasteiger partial charge is 0.394 e. The molecule has 1 rings (SSSR count). The molecule has 1 heterocycles. The maximum absolute atomic E-state index is 9.79. The van der Waals surface area contributed by atoms with Gasteiger partial charge in [-0.15, -0.1) is 0 Å². The molecular formula is C9H18O4. The molecule has 78 valence electrons. The van der Waals surface area contributed by atoms with Gasteiger partial charge in [-0.05, 0) is 6.92 Å². The monoisotopic (exact) mass is 190 g/mol. The van der Waals surface area contributed by atoms with E-state index in [0.717, 1.165) is 0 Å². The van der Waals surface area contributed by atoms with Crippen molar-refractivity contribution in [2.75, 3.05) is 13.7 Å². The number of methoxy groups -OCH3 is 1. The zero-order valence-electron chi connectivity index (χ0n) is 8.30. The zero-order valence-corrected chi connectivity index (χ0v) is 8.30. The highest BCUT2D eigenvalue weighted by molar-refractivity contribution is 4.89. The van der Waals surface area contributed by atoms with E-state index in [-0.39, 0.29) is 18.6 Å². The molecule has 0 aromatic heterocycles. The van der Waals surface area contributed by atoms with Crippen LogP contribution in [0.1, 0.15) is 13.8 Å². The first-order valence-electron chi connectivity index (χ1n) is 4.59. The minimum atomic E-state index is -0.564. The fourth-order valence-electron chi connectivity index (χ4n) is 1.71. The summed E-state index contributed by atoms with van der Waals surface area (Å²) in [6.07, 6.45) is -1.44. The maximum Gasteiger partial charge on any atom is 0.112 e. The first kappa shape index (κ1) is 10.9. The molecule has 1 aliphatic rings. The molecule has 0 aliphatic carbocycles. The second-order valence-electron chi connectivity index (χ2n) is 3.61. The SMILES string of the molecule is COC1C(CO)OC(C)C(C)C1O. The summed E-state index contributed by atoms with van der Waals surface area (Å²) in [5.74, 6) is 0.0350. The van der Waals surface area contributed by atoms with Crippen LogP contribution in [0.5, 0.6) is 0 Å². The number of aliphatic hydroxyl groups is 2. The summed E-state index contributed by atoms with van der Waals surface area (Å²) in [7, 11) is 1.52. The van der Waals surface area contributed by atoms with Gasteiger partial charge in [0.2, 0.25) is 0 Å². The summed E-state index contributed by atoms with van der Waals surface area (Å²) in [5, 5.41) is 18.8. The van der Waals surface area contributed by atoms with Gasteiger partial charge in [0.1, 0.15) is 12.2 Å². The van der Waals surface area contributed by atoms with Crippen LogP contribution in [0.3, 0.4) is 0 Å². The molecule has 0 spiro atoms. The van der Waals surface area contributed by atoms with Crippen LogP contribution < -0.4 is 0 Å². The molecule has 0 amide bonds. The molecule has 1 aliphatic heterocycles. The van der Waals surface area contributed by atoms with Gasteiger partial charge in [0.25, 0.3) is 0 Å². The van der Waals surface area contributed by atoms with Gasteiger partial charge >= 0.3 is 0 Å². The Balaban J connectivity index is 2.69. The summed E-state index contributed by atoms with van der Waals surface area (Å²) < 4.78 is 10.6. The molecule has 1 saturated heterocycles. The third-order valence-corrected chi connectivity index (χ3v) is 2.82. The smallest absolute Gasteiger partial charge is 0.112 e. The predicted molar refractivity (Wildman–Crippen MR) is 47.4 cm³/mol. The first-order valence-corrected chi connectivity index (χ1v) is 4.59. The van der Waals surface area contributed by atoms with Crippen molar-refractivity contribution in [3.8, 4) is 0 Å². The van der Waals surface area contributed by atoms with Gasteiger partial charge < -0.3 is 19.7 Å². The lowest BCUT2D eigenvalue weighted by Crippen LogP contribution is -2.54. The Morgan fingerprint density at radius 3 is 2.46 bits per heavy atom. The van der Waals surface area contributed by atoms with E-state index in [1.165, 1.54) is 7.11 Å². The summed E-state index contributed by atoms with van der Waals surface area (Å²) in [5.41, 5.74) is 0. The third kappa shape index (κ3) is 2.02. The fourth-order valence-corrected chi connectivity index (χ4v) is 1.71. The highest BCUT2D eigenvalue weighted by Crippen LogP contribution is 2.26. The van der Waals surface area contributed by atoms with Gasteiger partial charge in [-0.3, -0.25) is 0 Å². The van der Waals surface area contributed by atoms with Gasteiger partial charge in [0.15, 0.2) is 0 Å². The van der Waals surface area contributed by atoms with Crippen molar-refractivity contribution in [2.45, 2.75) is 38.3 Å². The van der Waals surface area contributed by atoms with E-state index in [4.69, 9.17) is 14.6 Å². The first-order chi connectivity index (χ1) is 6.11. The van der Waals surface area contributed by atoms with Gasteiger partial charge in [-0.2, -0.15) is 0 Å². The van der Waals surface area contributed by atoms with Crippen LogP contribution in [0.4, 0.5) is 0 Å². The molecule has 2 N–H and O–H groups in total. The van der Waals surface area contributed by atoms with Crippen LogP contribution >= 0.6 is 0 Å². The molecular weight excluding hydrogens is 172 g/mol. The van der Waals surface area contributed by atoms with Gasteiger partial charge in [-0.25, -0.2) is 0 Å². The Hall–Kier alpha value is -0.160. The normalized spacial score (nSPS) is 46.4. The molecule has 4 heteroatoms. The van der Waals surface area contributed by atoms with Gasteiger partial charge in [0.05, 0.1) is 18.8 Å². The minimum absolute atomic E-state index is 0.0350. The fraction of sp³-hybridized carbons (Fsp3) is 1.00. The van der Waals surface area contributed by atoms with Crippen LogP contribution in [-0.4, -0.2) is 48.3 Å². The number of aliphatic hydroxyl groups excluding tert-OH is 2. The lowest BCUT2D eigenvalue weighted by atomic mass is 9.89. The molecule has 5 unspecified atom stereocenters. The van der Waals surface area contributed by atoms with Crippen LogP contribution in [0.2, 0.25) is 0 Å². The summed E-state index contributed by atoms with van der Waals surface area (Å²) >= 11 is 0. The van der Waals surface area contributed by atoms with Gasteiger partial charge in [-0.1, -0.05) is 6.92 Å². The average molecular weight is 190 g/mol. The zero-order chi connectivity index (χ0) is 10.0. The van der Waals surface area contributed by atoms with Crippen molar-refractivity contribution in [3.63, 3.8) is 0 Å². The van der Waals surface area contributed by atoms with Crippen molar-refractivity contribution in [1.29, 1.82) is 0 Å². The van der Waals surface area contributed by atoms with E-state index in [1.54, 1.807) is 0 Å². The van der Waals surface area contributed by atoms with E-state index in [1.807, 2.05) is 13.8 Å². The maximum atomic E-state index is 9.79. The van der Waals surface area contributed by atoms with Gasteiger partial charge in [0, 0.05) is 13.0 Å². The molecule has 4 nitrogen and oxygen atoms in total. The van der Waals surface area contributed by atoms with Crippen LogP contribution in [-0.2, 0) is 9.47 Å². The lowest BCUT2D eigenvalue weighted by Gasteiger charge is -2.41. The molecule has 0 aromatic rings. The summed E-state index contributed by atoms with van der Waals surface area (Å²) in [6.45, 7) is 3.68. The summed E-state index contributed by atoms with van der Waals surface area (Å²) in [4.78, 5) is 0. The molecule has 1 fully saturated rings. The number of rotatable bonds is 2. The van der Waals surface area contributed by atoms with E-state index >= 15 is 0 Å². The molecule has 5 atom stereocenters. The van der Waals surface area contributed by atoms with Crippen molar-refractivity contribution >= 4 is 0 Å². The highest BCUT2D eigenvalue weighted by atomic mass is 16.6. The van der Waals surface area contributed by atoms with Crippen LogP contribution in [0.15, 0.2) is 0 Å². The number of hydrogen-bond acceptors (Lipinski definition) is 4. The van der Waals surface area contributed by atoms with E-state index in [0.29, 0.717) is 0 Å². The number of ether oxygens (including phenoxy) is 2. The Bertz CT molecular complexity index is 160. The van der Waals surface area contributed by atoms with Crippen molar-refractivity contribution in [1.82, 2.24) is 0 Å². The quantitative estimate of drug-likeness (QED) is 0.632. The number of hydrogen-bond donors (Lipinski definition) is 2. The van der Waals surface area contributed by atoms with Crippen LogP contribution in [0, 0.1) is 5.92 Å². The summed E-state index contributed by atoms with van der Waals surface area (Å²) in [6, 6.07) is 0. The average Bonchev–Trinajstić information content (AvgIpc) is 2.13. The molecule has 0 radical (unpaired) electrons. The Morgan fingerprint density at radius 2 is 2.00 bits per heavy atom. The minimum Gasteiger partial charge on any atom is -0.394 e. The molecule has 0 bridgehead atoms. The Morgan fingerprint density at radius 1 is 1.38 bits per heavy atom. The second-order valence-corrected chi connectivity index (χ2v) is 3.61. The molecule has 0 saturated carbocycles. The predicted octanol–water partition coefficient (Wildman–Crippen LogP) is -0.222. The third-order valence-electron chi connectivity index (χ3n) is 2.82. The van der Waals surface area contributed by atoms with Crippen molar-refractivity contribution in [2.24, 2.45) is 5.92 Å². The van der Waals surface area contributed by atoms with E-state index in [2.05, 4.69) is 0 Å². The second kappa shape index (κ2) is 4.37. The Kier molecular flexibility index (Phi) is 3.67. The lowest BCUT2D eigenvalue weighted by molar-refractivity contribution is -0.208. The van der Waals surface area contributed by atoms with Crippen LogP contribution in [0.25, 0.3) is 0 Å². The molecule has 0 aromatic carbocycles. The van der Waals surface area contributed by atoms with E-state index in [9.17, 15) is 5.11 Å². The Labute approximate surface area is 78.5 Å². The van der Waals surface area contributed by atoms with Crippen molar-refractivity contribution in [3.05, 3.63) is 0 Å². The van der Waals surface area contributed by atoms with E-state index < -0.39 is 18.3 Å². The highest BCUT2D eigenvalue weighted by Gasteiger charge is 2.40. The molecule has 13 heavy (non-hydrogen) atoms. The topological polar surface area (TPSA) is 58.9 Å².